The van der Waals surface area contributed by atoms with E-state index in [1.54, 1.807) is 0 Å². The zero-order chi connectivity index (χ0) is 13.1. The van der Waals surface area contributed by atoms with Crippen LogP contribution in [0.25, 0.3) is 10.2 Å². The molecule has 0 bridgehead atoms. The van der Waals surface area contributed by atoms with Crippen LogP contribution in [0, 0.1) is 5.92 Å². The molecule has 6 heteroatoms. The molecule has 0 aliphatic heterocycles. The van der Waals surface area contributed by atoms with Crippen LogP contribution in [-0.2, 0) is 4.79 Å². The largest absolute Gasteiger partial charge is 0.480 e. The molecule has 0 aliphatic carbocycles. The average Bonchev–Trinajstić information content (AvgIpc) is 2.76. The first-order valence-corrected chi connectivity index (χ1v) is 6.63. The average molecular weight is 265 g/mol. The van der Waals surface area contributed by atoms with E-state index in [9.17, 15) is 9.90 Å². The highest BCUT2D eigenvalue weighted by Gasteiger charge is 2.20. The molecule has 2 heterocycles. The number of aromatic nitrogens is 2. The van der Waals surface area contributed by atoms with Crippen LogP contribution in [0.3, 0.4) is 0 Å². The van der Waals surface area contributed by atoms with Gasteiger partial charge in [0.2, 0.25) is 0 Å². The van der Waals surface area contributed by atoms with E-state index in [2.05, 4.69) is 15.3 Å². The predicted molar refractivity (Wildman–Crippen MR) is 71.9 cm³/mol. The second-order valence-electron chi connectivity index (χ2n) is 4.52. The van der Waals surface area contributed by atoms with Crippen LogP contribution in [0.15, 0.2) is 17.8 Å². The Kier molecular flexibility index (Phi) is 3.76. The van der Waals surface area contributed by atoms with E-state index in [1.165, 1.54) is 17.7 Å². The summed E-state index contributed by atoms with van der Waals surface area (Å²) in [5, 5.41) is 14.1. The summed E-state index contributed by atoms with van der Waals surface area (Å²) in [6, 6.07) is 1.27. The third-order valence-electron chi connectivity index (χ3n) is 2.56. The number of hydrogen-bond donors (Lipinski definition) is 2. The highest BCUT2D eigenvalue weighted by Crippen LogP contribution is 2.26. The molecular formula is C12H15N3O2S. The molecule has 0 radical (unpaired) electrons. The maximum Gasteiger partial charge on any atom is 0.326 e. The summed E-state index contributed by atoms with van der Waals surface area (Å²) in [6.07, 6.45) is 2.01. The van der Waals surface area contributed by atoms with Crippen molar-refractivity contribution in [1.29, 1.82) is 0 Å². The Balaban J connectivity index is 2.25. The number of aliphatic carboxylic acids is 1. The standard InChI is InChI=1S/C12H15N3O2S/c1-7(2)5-9(12(16)17)15-11-10-8(3-4-18-10)13-6-14-11/h3-4,6-7,9H,5H2,1-2H3,(H,16,17)(H,13,14,15)/t9-/m1/s1. The van der Waals surface area contributed by atoms with Gasteiger partial charge in [0.1, 0.15) is 18.2 Å². The molecule has 0 saturated heterocycles. The summed E-state index contributed by atoms with van der Waals surface area (Å²) in [6.45, 7) is 4.00. The van der Waals surface area contributed by atoms with E-state index < -0.39 is 12.0 Å². The van der Waals surface area contributed by atoms with Crippen LogP contribution in [0.5, 0.6) is 0 Å². The molecule has 0 spiro atoms. The number of carboxylic acids is 1. The molecule has 5 nitrogen and oxygen atoms in total. The van der Waals surface area contributed by atoms with E-state index in [0.717, 1.165) is 10.2 Å². The molecule has 0 saturated carbocycles. The lowest BCUT2D eigenvalue weighted by Gasteiger charge is -2.17. The molecule has 1 atom stereocenters. The maximum atomic E-state index is 11.2. The first kappa shape index (κ1) is 12.8. The minimum atomic E-state index is -0.855. The van der Waals surface area contributed by atoms with Gasteiger partial charge in [-0.05, 0) is 23.8 Å². The van der Waals surface area contributed by atoms with Gasteiger partial charge in [-0.3, -0.25) is 0 Å². The zero-order valence-electron chi connectivity index (χ0n) is 10.3. The van der Waals surface area contributed by atoms with Crippen LogP contribution >= 0.6 is 11.3 Å². The number of fused-ring (bicyclic) bond motifs is 1. The molecule has 0 aromatic carbocycles. The van der Waals surface area contributed by atoms with Crippen LogP contribution < -0.4 is 5.32 Å². The van der Waals surface area contributed by atoms with Gasteiger partial charge in [-0.2, -0.15) is 0 Å². The molecule has 2 N–H and O–H groups in total. The molecule has 2 rings (SSSR count). The maximum absolute atomic E-state index is 11.2. The highest BCUT2D eigenvalue weighted by molar-refractivity contribution is 7.17. The first-order valence-electron chi connectivity index (χ1n) is 5.75. The Bertz CT molecular complexity index is 553. The summed E-state index contributed by atoms with van der Waals surface area (Å²) >= 11 is 1.51. The number of thiophene rings is 1. The third kappa shape index (κ3) is 2.76. The van der Waals surface area contributed by atoms with Crippen molar-refractivity contribution in [1.82, 2.24) is 9.97 Å². The Morgan fingerprint density at radius 1 is 1.50 bits per heavy atom. The number of anilines is 1. The van der Waals surface area contributed by atoms with Gasteiger partial charge in [0.05, 0.1) is 10.2 Å². The zero-order valence-corrected chi connectivity index (χ0v) is 11.1. The number of carbonyl (C=O) groups is 1. The molecule has 0 aliphatic rings. The van der Waals surface area contributed by atoms with Gasteiger partial charge in [0.15, 0.2) is 0 Å². The highest BCUT2D eigenvalue weighted by atomic mass is 32.1. The quantitative estimate of drug-likeness (QED) is 0.869. The number of hydrogen-bond acceptors (Lipinski definition) is 5. The lowest BCUT2D eigenvalue weighted by atomic mass is 10.0. The molecule has 18 heavy (non-hydrogen) atoms. The topological polar surface area (TPSA) is 75.1 Å². The van der Waals surface area contributed by atoms with Crippen molar-refractivity contribution >= 4 is 33.3 Å². The van der Waals surface area contributed by atoms with Crippen molar-refractivity contribution in [3.05, 3.63) is 17.8 Å². The van der Waals surface area contributed by atoms with Crippen molar-refractivity contribution < 1.29 is 9.90 Å². The van der Waals surface area contributed by atoms with Gasteiger partial charge in [-0.1, -0.05) is 13.8 Å². The van der Waals surface area contributed by atoms with Crippen LogP contribution in [0.2, 0.25) is 0 Å². The third-order valence-corrected chi connectivity index (χ3v) is 3.47. The summed E-state index contributed by atoms with van der Waals surface area (Å²) in [5.41, 5.74) is 0.839. The minimum absolute atomic E-state index is 0.305. The number of nitrogens with one attached hydrogen (secondary N) is 1. The smallest absolute Gasteiger partial charge is 0.326 e. The van der Waals surface area contributed by atoms with Crippen LogP contribution in [-0.4, -0.2) is 27.1 Å². The van der Waals surface area contributed by atoms with E-state index in [1.807, 2.05) is 25.3 Å². The summed E-state index contributed by atoms with van der Waals surface area (Å²) < 4.78 is 0.896. The number of rotatable bonds is 5. The van der Waals surface area contributed by atoms with Crippen molar-refractivity contribution in [2.75, 3.05) is 5.32 Å². The van der Waals surface area contributed by atoms with Gasteiger partial charge in [-0.15, -0.1) is 11.3 Å². The molecule has 2 aromatic rings. The van der Waals surface area contributed by atoms with Crippen molar-refractivity contribution in [3.8, 4) is 0 Å². The molecule has 0 unspecified atom stereocenters. The molecular weight excluding hydrogens is 250 g/mol. The van der Waals surface area contributed by atoms with Crippen LogP contribution in [0.4, 0.5) is 5.82 Å². The Hall–Kier alpha value is -1.69. The van der Waals surface area contributed by atoms with Gasteiger partial charge in [-0.25, -0.2) is 14.8 Å². The first-order chi connectivity index (χ1) is 8.58. The minimum Gasteiger partial charge on any atom is -0.480 e. The summed E-state index contributed by atoms with van der Waals surface area (Å²) in [4.78, 5) is 19.5. The fourth-order valence-corrected chi connectivity index (χ4v) is 2.55. The monoisotopic (exact) mass is 265 g/mol. The normalized spacial score (nSPS) is 12.8. The lowest BCUT2D eigenvalue weighted by Crippen LogP contribution is -2.31. The van der Waals surface area contributed by atoms with Crippen molar-refractivity contribution in [3.63, 3.8) is 0 Å². The Morgan fingerprint density at radius 3 is 2.94 bits per heavy atom. The van der Waals surface area contributed by atoms with Gasteiger partial charge < -0.3 is 10.4 Å². The van der Waals surface area contributed by atoms with Crippen molar-refractivity contribution in [2.45, 2.75) is 26.3 Å². The predicted octanol–water partition coefficient (Wildman–Crippen LogP) is 2.60. The fourth-order valence-electron chi connectivity index (χ4n) is 1.75. The number of nitrogens with zero attached hydrogens (tertiary/aromatic N) is 2. The second kappa shape index (κ2) is 5.30. The molecule has 0 amide bonds. The summed E-state index contributed by atoms with van der Waals surface area (Å²) in [7, 11) is 0. The Morgan fingerprint density at radius 2 is 2.28 bits per heavy atom. The summed E-state index contributed by atoms with van der Waals surface area (Å²) in [5.74, 6) is 0.0503. The molecule has 0 fully saturated rings. The molecule has 2 aromatic heterocycles. The van der Waals surface area contributed by atoms with Gasteiger partial charge >= 0.3 is 5.97 Å². The van der Waals surface area contributed by atoms with Gasteiger partial charge in [0, 0.05) is 0 Å². The van der Waals surface area contributed by atoms with Crippen LogP contribution in [0.1, 0.15) is 20.3 Å². The van der Waals surface area contributed by atoms with E-state index in [4.69, 9.17) is 0 Å². The fraction of sp³-hybridized carbons (Fsp3) is 0.417. The van der Waals surface area contributed by atoms with E-state index in [0.29, 0.717) is 18.2 Å². The van der Waals surface area contributed by atoms with E-state index >= 15 is 0 Å². The van der Waals surface area contributed by atoms with Gasteiger partial charge in [0.25, 0.3) is 0 Å². The van der Waals surface area contributed by atoms with E-state index in [-0.39, 0.29) is 0 Å². The lowest BCUT2D eigenvalue weighted by molar-refractivity contribution is -0.138. The Labute approximate surface area is 109 Å². The number of carboxylic acid groups (broad SMARTS) is 1. The second-order valence-corrected chi connectivity index (χ2v) is 5.44. The molecule has 96 valence electrons. The van der Waals surface area contributed by atoms with Crippen molar-refractivity contribution in [2.24, 2.45) is 5.92 Å². The SMILES string of the molecule is CC(C)C[C@@H](Nc1ncnc2ccsc12)C(=O)O.